The van der Waals surface area contributed by atoms with Crippen LogP contribution in [0.25, 0.3) is 0 Å². The normalized spacial score (nSPS) is 10.3. The summed E-state index contributed by atoms with van der Waals surface area (Å²) in [6, 6.07) is 16.1. The predicted octanol–water partition coefficient (Wildman–Crippen LogP) is 3.84. The van der Waals surface area contributed by atoms with Gasteiger partial charge >= 0.3 is 5.97 Å². The van der Waals surface area contributed by atoms with Crippen molar-refractivity contribution in [2.45, 2.75) is 33.3 Å². The molecule has 2 rings (SSSR count). The first kappa shape index (κ1) is 14.3. The molecule has 0 heterocycles. The van der Waals surface area contributed by atoms with Crippen LogP contribution in [0.4, 0.5) is 0 Å². The number of esters is 1. The third-order valence-electron chi connectivity index (χ3n) is 3.43. The molecule has 0 aromatic heterocycles. The summed E-state index contributed by atoms with van der Waals surface area (Å²) in [7, 11) is 0. The molecule has 20 heavy (non-hydrogen) atoms. The lowest BCUT2D eigenvalue weighted by Crippen LogP contribution is -2.08. The Kier molecular flexibility index (Phi) is 4.94. The molecule has 0 aliphatic carbocycles. The zero-order valence-electron chi connectivity index (χ0n) is 12.1. The Labute approximate surface area is 120 Å². The molecule has 0 atom stereocenters. The molecule has 0 spiro atoms. The van der Waals surface area contributed by atoms with Crippen LogP contribution in [0, 0.1) is 6.92 Å². The minimum absolute atomic E-state index is 0.182. The summed E-state index contributed by atoms with van der Waals surface area (Å²) in [4.78, 5) is 11.8. The zero-order chi connectivity index (χ0) is 14.4. The summed E-state index contributed by atoms with van der Waals surface area (Å²) in [6.45, 7) is 4.47. The van der Waals surface area contributed by atoms with Crippen molar-refractivity contribution in [1.82, 2.24) is 0 Å². The first-order valence-corrected chi connectivity index (χ1v) is 6.97. The molecular weight excluding hydrogens is 248 g/mol. The number of carbonyl (C=O) groups is 1. The second kappa shape index (κ2) is 6.90. The molecule has 0 amide bonds. The number of hydrogen-bond acceptors (Lipinski definition) is 2. The lowest BCUT2D eigenvalue weighted by atomic mass is 10.1. The molecule has 2 nitrogen and oxygen atoms in total. The van der Waals surface area contributed by atoms with Gasteiger partial charge in [0.1, 0.15) is 6.61 Å². The molecule has 0 N–H and O–H groups in total. The van der Waals surface area contributed by atoms with Crippen molar-refractivity contribution in [3.8, 4) is 0 Å². The van der Waals surface area contributed by atoms with Crippen LogP contribution in [0.1, 0.15) is 29.2 Å². The van der Waals surface area contributed by atoms with Gasteiger partial charge in [0, 0.05) is 0 Å². The van der Waals surface area contributed by atoms with E-state index in [0.29, 0.717) is 13.0 Å². The van der Waals surface area contributed by atoms with Gasteiger partial charge in [-0.25, -0.2) is 0 Å². The first-order valence-electron chi connectivity index (χ1n) is 6.97. The Morgan fingerprint density at radius 2 is 1.65 bits per heavy atom. The SMILES string of the molecule is CCc1ccc(COC(=O)Cc2ccccc2C)cc1. The van der Waals surface area contributed by atoms with Gasteiger partial charge in [0.15, 0.2) is 0 Å². The zero-order valence-corrected chi connectivity index (χ0v) is 12.1. The maximum absolute atomic E-state index is 11.8. The van der Waals surface area contributed by atoms with Crippen LogP contribution in [0.5, 0.6) is 0 Å². The Morgan fingerprint density at radius 3 is 2.30 bits per heavy atom. The second-order valence-electron chi connectivity index (χ2n) is 4.93. The summed E-state index contributed by atoms with van der Waals surface area (Å²) in [5.41, 5.74) is 4.47. The van der Waals surface area contributed by atoms with Gasteiger partial charge in [-0.15, -0.1) is 0 Å². The molecule has 0 unspecified atom stereocenters. The van der Waals surface area contributed by atoms with Crippen molar-refractivity contribution in [2.75, 3.05) is 0 Å². The number of aryl methyl sites for hydroxylation is 2. The van der Waals surface area contributed by atoms with Gasteiger partial charge in [-0.05, 0) is 35.6 Å². The van der Waals surface area contributed by atoms with Crippen LogP contribution < -0.4 is 0 Å². The van der Waals surface area contributed by atoms with Gasteiger partial charge in [-0.3, -0.25) is 4.79 Å². The van der Waals surface area contributed by atoms with Crippen molar-refractivity contribution in [1.29, 1.82) is 0 Å². The van der Waals surface area contributed by atoms with Crippen molar-refractivity contribution in [3.63, 3.8) is 0 Å². The van der Waals surface area contributed by atoms with Gasteiger partial charge in [0.2, 0.25) is 0 Å². The highest BCUT2D eigenvalue weighted by Crippen LogP contribution is 2.10. The van der Waals surface area contributed by atoms with Gasteiger partial charge in [0.05, 0.1) is 6.42 Å². The van der Waals surface area contributed by atoms with E-state index in [4.69, 9.17) is 4.74 Å². The Balaban J connectivity index is 1.87. The minimum atomic E-state index is -0.182. The summed E-state index contributed by atoms with van der Waals surface area (Å²) in [5.74, 6) is -0.182. The maximum atomic E-state index is 11.8. The average molecular weight is 268 g/mol. The summed E-state index contributed by atoms with van der Waals surface area (Å²) in [5, 5.41) is 0. The monoisotopic (exact) mass is 268 g/mol. The molecule has 2 aromatic carbocycles. The third kappa shape index (κ3) is 3.95. The van der Waals surface area contributed by atoms with E-state index in [0.717, 1.165) is 23.1 Å². The van der Waals surface area contributed by atoms with Gasteiger partial charge < -0.3 is 4.74 Å². The number of benzene rings is 2. The summed E-state index contributed by atoms with van der Waals surface area (Å²) >= 11 is 0. The highest BCUT2D eigenvalue weighted by atomic mass is 16.5. The smallest absolute Gasteiger partial charge is 0.310 e. The molecule has 0 bridgehead atoms. The van der Waals surface area contributed by atoms with E-state index >= 15 is 0 Å². The molecular formula is C18H20O2. The van der Waals surface area contributed by atoms with Crippen LogP contribution in [-0.2, 0) is 29.0 Å². The fourth-order valence-corrected chi connectivity index (χ4v) is 2.05. The molecule has 2 aromatic rings. The molecule has 0 fully saturated rings. The molecule has 2 heteroatoms. The Hall–Kier alpha value is -2.09. The number of ether oxygens (including phenoxy) is 1. The summed E-state index contributed by atoms with van der Waals surface area (Å²) in [6.07, 6.45) is 1.35. The minimum Gasteiger partial charge on any atom is -0.461 e. The highest BCUT2D eigenvalue weighted by Gasteiger charge is 2.07. The van der Waals surface area contributed by atoms with Crippen LogP contribution >= 0.6 is 0 Å². The number of rotatable bonds is 5. The van der Waals surface area contributed by atoms with Crippen molar-refractivity contribution < 1.29 is 9.53 Å². The topological polar surface area (TPSA) is 26.3 Å². The first-order chi connectivity index (χ1) is 9.69. The standard InChI is InChI=1S/C18H20O2/c1-3-15-8-10-16(11-9-15)13-20-18(19)12-17-7-5-4-6-14(17)2/h4-11H,3,12-13H2,1-2H3. The van der Waals surface area contributed by atoms with Gasteiger partial charge in [-0.2, -0.15) is 0 Å². The van der Waals surface area contributed by atoms with Crippen LogP contribution in [0.3, 0.4) is 0 Å². The molecule has 0 aliphatic heterocycles. The average Bonchev–Trinajstić information content (AvgIpc) is 2.48. The molecule has 0 saturated carbocycles. The van der Waals surface area contributed by atoms with E-state index in [-0.39, 0.29) is 5.97 Å². The van der Waals surface area contributed by atoms with E-state index in [2.05, 4.69) is 19.1 Å². The molecule has 0 aliphatic rings. The molecule has 0 saturated heterocycles. The summed E-state index contributed by atoms with van der Waals surface area (Å²) < 4.78 is 5.32. The van der Waals surface area contributed by atoms with E-state index in [1.165, 1.54) is 5.56 Å². The van der Waals surface area contributed by atoms with Crippen molar-refractivity contribution in [2.24, 2.45) is 0 Å². The van der Waals surface area contributed by atoms with Crippen molar-refractivity contribution >= 4 is 5.97 Å². The largest absolute Gasteiger partial charge is 0.461 e. The van der Waals surface area contributed by atoms with Crippen LogP contribution in [0.2, 0.25) is 0 Å². The predicted molar refractivity (Wildman–Crippen MR) is 80.5 cm³/mol. The Morgan fingerprint density at radius 1 is 1.00 bits per heavy atom. The molecule has 0 radical (unpaired) electrons. The van der Waals surface area contributed by atoms with E-state index in [1.807, 2.05) is 43.3 Å². The number of carbonyl (C=O) groups excluding carboxylic acids is 1. The fraction of sp³-hybridized carbons (Fsp3) is 0.278. The van der Waals surface area contributed by atoms with E-state index in [9.17, 15) is 4.79 Å². The fourth-order valence-electron chi connectivity index (χ4n) is 2.05. The Bertz CT molecular complexity index is 570. The van der Waals surface area contributed by atoms with Crippen LogP contribution in [-0.4, -0.2) is 5.97 Å². The lowest BCUT2D eigenvalue weighted by molar-refractivity contribution is -0.144. The van der Waals surface area contributed by atoms with Gasteiger partial charge in [-0.1, -0.05) is 55.5 Å². The van der Waals surface area contributed by atoms with E-state index < -0.39 is 0 Å². The maximum Gasteiger partial charge on any atom is 0.310 e. The second-order valence-corrected chi connectivity index (χ2v) is 4.93. The number of hydrogen-bond donors (Lipinski definition) is 0. The molecule has 104 valence electrons. The third-order valence-corrected chi connectivity index (χ3v) is 3.43. The van der Waals surface area contributed by atoms with Crippen LogP contribution in [0.15, 0.2) is 48.5 Å². The lowest BCUT2D eigenvalue weighted by Gasteiger charge is -2.07. The van der Waals surface area contributed by atoms with E-state index in [1.54, 1.807) is 0 Å². The quantitative estimate of drug-likeness (QED) is 0.770. The van der Waals surface area contributed by atoms with Crippen molar-refractivity contribution in [3.05, 3.63) is 70.8 Å². The highest BCUT2D eigenvalue weighted by molar-refractivity contribution is 5.73. The van der Waals surface area contributed by atoms with Gasteiger partial charge in [0.25, 0.3) is 0 Å².